The zero-order valence-corrected chi connectivity index (χ0v) is 16.7. The summed E-state index contributed by atoms with van der Waals surface area (Å²) in [5.74, 6) is 0.630. The highest BCUT2D eigenvalue weighted by atomic mass is 16.5. The lowest BCUT2D eigenvalue weighted by molar-refractivity contribution is -0.0595. The maximum atomic E-state index is 13.6. The van der Waals surface area contributed by atoms with E-state index in [0.717, 1.165) is 45.3 Å². The molecule has 3 heterocycles. The molecule has 2 fully saturated rings. The highest BCUT2D eigenvalue weighted by Gasteiger charge is 2.49. The van der Waals surface area contributed by atoms with Gasteiger partial charge in [0.1, 0.15) is 5.69 Å². The van der Waals surface area contributed by atoms with E-state index in [4.69, 9.17) is 4.74 Å². The van der Waals surface area contributed by atoms with E-state index >= 15 is 0 Å². The lowest BCUT2D eigenvalue weighted by Gasteiger charge is -2.47. The lowest BCUT2D eigenvalue weighted by atomic mass is 9.62. The smallest absolute Gasteiger partial charge is 0.187 e. The normalized spacial score (nSPS) is 26.8. The maximum absolute atomic E-state index is 13.6. The van der Waals surface area contributed by atoms with Crippen LogP contribution >= 0.6 is 0 Å². The van der Waals surface area contributed by atoms with Gasteiger partial charge in [-0.05, 0) is 69.3 Å². The van der Waals surface area contributed by atoms with Crippen molar-refractivity contribution in [2.75, 3.05) is 19.7 Å². The van der Waals surface area contributed by atoms with Crippen LogP contribution in [-0.2, 0) is 11.3 Å². The monoisotopic (exact) mass is 378 g/mol. The summed E-state index contributed by atoms with van der Waals surface area (Å²) in [5, 5.41) is 0. The van der Waals surface area contributed by atoms with E-state index in [1.807, 2.05) is 18.2 Å². The quantitative estimate of drug-likeness (QED) is 0.725. The Bertz CT molecular complexity index is 772. The van der Waals surface area contributed by atoms with Crippen LogP contribution in [0.15, 0.2) is 54.7 Å². The van der Waals surface area contributed by atoms with Crippen molar-refractivity contribution in [2.24, 2.45) is 11.3 Å². The van der Waals surface area contributed by atoms with Crippen LogP contribution in [0.1, 0.15) is 48.7 Å². The van der Waals surface area contributed by atoms with Gasteiger partial charge in [0.05, 0.1) is 6.10 Å². The van der Waals surface area contributed by atoms with Crippen molar-refractivity contribution >= 4 is 5.78 Å². The molecule has 0 amide bonds. The van der Waals surface area contributed by atoms with E-state index in [-0.39, 0.29) is 17.3 Å². The minimum absolute atomic E-state index is 0.128. The highest BCUT2D eigenvalue weighted by molar-refractivity contribution is 5.99. The summed E-state index contributed by atoms with van der Waals surface area (Å²) in [6.07, 6.45) is 5.62. The number of ether oxygens (including phenoxy) is 1. The molecule has 0 spiro atoms. The third-order valence-corrected chi connectivity index (χ3v) is 6.57. The van der Waals surface area contributed by atoms with Gasteiger partial charge >= 0.3 is 0 Å². The number of pyridine rings is 1. The number of carbonyl (C=O) groups is 1. The van der Waals surface area contributed by atoms with Gasteiger partial charge in [-0.25, -0.2) is 0 Å². The van der Waals surface area contributed by atoms with Gasteiger partial charge in [0.2, 0.25) is 0 Å². The van der Waals surface area contributed by atoms with Crippen LogP contribution in [-0.4, -0.2) is 41.5 Å². The second-order valence-corrected chi connectivity index (χ2v) is 8.37. The van der Waals surface area contributed by atoms with E-state index in [0.29, 0.717) is 18.2 Å². The fraction of sp³-hybridized carbons (Fsp3) is 0.500. The van der Waals surface area contributed by atoms with E-state index in [1.54, 1.807) is 6.20 Å². The molecule has 4 rings (SSSR count). The van der Waals surface area contributed by atoms with Gasteiger partial charge in [-0.1, -0.05) is 36.4 Å². The molecule has 0 saturated carbocycles. The first-order valence-corrected chi connectivity index (χ1v) is 10.5. The minimum atomic E-state index is -0.329. The van der Waals surface area contributed by atoms with Crippen molar-refractivity contribution in [2.45, 2.75) is 45.3 Å². The fourth-order valence-electron chi connectivity index (χ4n) is 5.12. The molecule has 0 radical (unpaired) electrons. The first-order valence-electron chi connectivity index (χ1n) is 10.5. The Morgan fingerprint density at radius 2 is 1.89 bits per heavy atom. The van der Waals surface area contributed by atoms with Crippen LogP contribution in [0.2, 0.25) is 0 Å². The summed E-state index contributed by atoms with van der Waals surface area (Å²) in [6, 6.07) is 16.3. The van der Waals surface area contributed by atoms with Crippen molar-refractivity contribution in [3.05, 3.63) is 66.0 Å². The fourth-order valence-corrected chi connectivity index (χ4v) is 5.12. The minimum Gasteiger partial charge on any atom is -0.378 e. The molecule has 0 N–H and O–H groups in total. The average molecular weight is 379 g/mol. The zero-order valence-electron chi connectivity index (χ0n) is 16.7. The Hall–Kier alpha value is -2.04. The number of nitrogens with zero attached hydrogens (tertiary/aromatic N) is 2. The molecule has 148 valence electrons. The molecule has 0 unspecified atom stereocenters. The van der Waals surface area contributed by atoms with Gasteiger partial charge in [0, 0.05) is 24.8 Å². The second-order valence-electron chi connectivity index (χ2n) is 8.37. The second kappa shape index (κ2) is 8.54. The molecule has 0 bridgehead atoms. The van der Waals surface area contributed by atoms with Gasteiger partial charge in [-0.3, -0.25) is 14.7 Å². The number of Topliss-reactive ketones (excluding diaryl/α,β-unsaturated/α-hetero) is 1. The Balaban J connectivity index is 1.49. The molecular formula is C24H30N2O2. The Labute approximate surface area is 167 Å². The summed E-state index contributed by atoms with van der Waals surface area (Å²) in [5.41, 5.74) is 1.65. The summed E-state index contributed by atoms with van der Waals surface area (Å²) < 4.78 is 5.83. The molecule has 4 heteroatoms. The topological polar surface area (TPSA) is 42.4 Å². The van der Waals surface area contributed by atoms with Gasteiger partial charge in [0.25, 0.3) is 0 Å². The van der Waals surface area contributed by atoms with Gasteiger partial charge < -0.3 is 4.74 Å². The van der Waals surface area contributed by atoms with Gasteiger partial charge in [-0.2, -0.15) is 0 Å². The average Bonchev–Trinajstić information content (AvgIpc) is 2.75. The van der Waals surface area contributed by atoms with Crippen LogP contribution in [0.3, 0.4) is 0 Å². The number of benzene rings is 1. The zero-order chi connectivity index (χ0) is 19.4. The molecule has 1 aromatic carbocycles. The highest BCUT2D eigenvalue weighted by Crippen LogP contribution is 2.47. The number of likely N-dealkylation sites (tertiary alicyclic amines) is 1. The lowest BCUT2D eigenvalue weighted by Crippen LogP contribution is -2.49. The van der Waals surface area contributed by atoms with Crippen LogP contribution in [0.5, 0.6) is 0 Å². The molecule has 2 atom stereocenters. The molecule has 4 nitrogen and oxygen atoms in total. The predicted octanol–water partition coefficient (Wildman–Crippen LogP) is 4.36. The van der Waals surface area contributed by atoms with Crippen molar-refractivity contribution in [1.29, 1.82) is 0 Å². The molecule has 2 aromatic rings. The van der Waals surface area contributed by atoms with Crippen LogP contribution in [0.25, 0.3) is 0 Å². The molecular weight excluding hydrogens is 348 g/mol. The number of piperidine rings is 1. The molecule has 2 aliphatic rings. The Morgan fingerprint density at radius 3 is 2.57 bits per heavy atom. The van der Waals surface area contributed by atoms with E-state index < -0.39 is 0 Å². The van der Waals surface area contributed by atoms with Crippen LogP contribution < -0.4 is 0 Å². The number of hydrogen-bond acceptors (Lipinski definition) is 4. The first-order chi connectivity index (χ1) is 13.7. The summed E-state index contributed by atoms with van der Waals surface area (Å²) in [4.78, 5) is 20.5. The third-order valence-electron chi connectivity index (χ3n) is 6.57. The number of aromatic nitrogens is 1. The van der Waals surface area contributed by atoms with Gasteiger partial charge in [-0.15, -0.1) is 0 Å². The molecule has 0 aliphatic carbocycles. The molecule has 2 aliphatic heterocycles. The summed E-state index contributed by atoms with van der Waals surface area (Å²) >= 11 is 0. The molecule has 2 saturated heterocycles. The molecule has 28 heavy (non-hydrogen) atoms. The van der Waals surface area contributed by atoms with E-state index in [1.165, 1.54) is 5.56 Å². The van der Waals surface area contributed by atoms with Crippen molar-refractivity contribution in [3.8, 4) is 0 Å². The Kier molecular flexibility index (Phi) is 5.88. The summed E-state index contributed by atoms with van der Waals surface area (Å²) in [7, 11) is 0. The van der Waals surface area contributed by atoms with Gasteiger partial charge in [0.15, 0.2) is 5.78 Å². The van der Waals surface area contributed by atoms with Crippen molar-refractivity contribution < 1.29 is 9.53 Å². The number of rotatable bonds is 5. The maximum Gasteiger partial charge on any atom is 0.187 e. The Morgan fingerprint density at radius 1 is 1.14 bits per heavy atom. The number of hydrogen-bond donors (Lipinski definition) is 0. The standard InChI is InChI=1S/C24H30N2O2/c1-19-17-24(12-16-28-19,23(27)22-9-5-6-13-25-22)21-10-14-26(15-11-21)18-20-7-3-2-4-8-20/h2-9,13,19,21H,10-12,14-18H2,1H3/t19-,24+/m0/s1. The van der Waals surface area contributed by atoms with Crippen LogP contribution in [0, 0.1) is 11.3 Å². The summed E-state index contributed by atoms with van der Waals surface area (Å²) in [6.45, 7) is 5.86. The van der Waals surface area contributed by atoms with Crippen molar-refractivity contribution in [3.63, 3.8) is 0 Å². The van der Waals surface area contributed by atoms with Crippen LogP contribution in [0.4, 0.5) is 0 Å². The number of ketones is 1. The van der Waals surface area contributed by atoms with E-state index in [2.05, 4.69) is 47.1 Å². The number of carbonyl (C=O) groups excluding carboxylic acids is 1. The van der Waals surface area contributed by atoms with E-state index in [9.17, 15) is 4.79 Å². The largest absolute Gasteiger partial charge is 0.378 e. The predicted molar refractivity (Wildman–Crippen MR) is 110 cm³/mol. The first kappa shape index (κ1) is 19.3. The third kappa shape index (κ3) is 4.03. The molecule has 1 aromatic heterocycles. The van der Waals surface area contributed by atoms with Crippen molar-refractivity contribution in [1.82, 2.24) is 9.88 Å². The SMILES string of the molecule is C[C@H]1C[C@@](C(=O)c2ccccn2)(C2CCN(Cc3ccccc3)CC2)CCO1.